The summed E-state index contributed by atoms with van der Waals surface area (Å²) in [6.45, 7) is 8.27. The second kappa shape index (κ2) is 4.39. The molecule has 0 aromatic heterocycles. The molecule has 4 nitrogen and oxygen atoms in total. The Morgan fingerprint density at radius 2 is 2.00 bits per heavy atom. The molecular formula is C11H21NO3. The first kappa shape index (κ1) is 12.3. The molecule has 1 aliphatic rings. The summed E-state index contributed by atoms with van der Waals surface area (Å²) in [4.78, 5) is 13.5. The number of carbonyl (C=O) groups excluding carboxylic acids is 1. The second-order valence-electron chi connectivity index (χ2n) is 5.08. The van der Waals surface area contributed by atoms with Gasteiger partial charge in [-0.25, -0.2) is 4.79 Å². The molecule has 1 saturated heterocycles. The maximum absolute atomic E-state index is 11.8. The maximum Gasteiger partial charge on any atom is 0.410 e. The van der Waals surface area contributed by atoms with E-state index in [-0.39, 0.29) is 18.2 Å². The molecule has 1 heterocycles. The van der Waals surface area contributed by atoms with Gasteiger partial charge >= 0.3 is 6.09 Å². The number of rotatable bonds is 1. The quantitative estimate of drug-likeness (QED) is 0.671. The fourth-order valence-electron chi connectivity index (χ4n) is 1.73. The minimum atomic E-state index is -0.429. The monoisotopic (exact) mass is 215 g/mol. The zero-order chi connectivity index (χ0) is 11.6. The van der Waals surface area contributed by atoms with E-state index in [4.69, 9.17) is 9.47 Å². The number of ether oxygens (including phenoxy) is 2. The Labute approximate surface area is 91.5 Å². The largest absolute Gasteiger partial charge is 0.444 e. The number of carbonyl (C=O) groups is 1. The van der Waals surface area contributed by atoms with Crippen LogP contribution in [0.25, 0.3) is 0 Å². The smallest absolute Gasteiger partial charge is 0.410 e. The lowest BCUT2D eigenvalue weighted by molar-refractivity contribution is 0.0207. The highest BCUT2D eigenvalue weighted by atomic mass is 16.6. The van der Waals surface area contributed by atoms with Crippen LogP contribution in [-0.4, -0.2) is 42.4 Å². The van der Waals surface area contributed by atoms with Crippen molar-refractivity contribution in [1.82, 2.24) is 4.90 Å². The van der Waals surface area contributed by atoms with E-state index in [1.165, 1.54) is 0 Å². The molecule has 1 amide bonds. The summed E-state index contributed by atoms with van der Waals surface area (Å²) in [7, 11) is 1.68. The van der Waals surface area contributed by atoms with Gasteiger partial charge in [-0.1, -0.05) is 0 Å². The number of methoxy groups -OCH3 is 1. The van der Waals surface area contributed by atoms with Crippen molar-refractivity contribution in [3.8, 4) is 0 Å². The standard InChI is InChI=1S/C11H21NO3/c1-8-6-9(14-5)7-12(8)10(13)15-11(2,3)4/h8-9H,6-7H2,1-5H3/t8-,9+/m1/s1. The fraction of sp³-hybridized carbons (Fsp3) is 0.909. The van der Waals surface area contributed by atoms with Crippen LogP contribution in [0.1, 0.15) is 34.1 Å². The summed E-state index contributed by atoms with van der Waals surface area (Å²) in [6.07, 6.45) is 0.789. The summed E-state index contributed by atoms with van der Waals surface area (Å²) < 4.78 is 10.6. The van der Waals surface area contributed by atoms with Gasteiger partial charge < -0.3 is 14.4 Å². The van der Waals surface area contributed by atoms with E-state index < -0.39 is 5.60 Å². The lowest BCUT2D eigenvalue weighted by Crippen LogP contribution is -2.39. The summed E-state index contributed by atoms with van der Waals surface area (Å²) in [5, 5.41) is 0. The third kappa shape index (κ3) is 3.38. The average Bonchev–Trinajstić information content (AvgIpc) is 2.43. The first-order valence-corrected chi connectivity index (χ1v) is 5.36. The van der Waals surface area contributed by atoms with E-state index in [1.54, 1.807) is 12.0 Å². The number of nitrogens with zero attached hydrogens (tertiary/aromatic N) is 1. The van der Waals surface area contributed by atoms with Crippen molar-refractivity contribution in [2.24, 2.45) is 0 Å². The van der Waals surface area contributed by atoms with Gasteiger partial charge in [-0.3, -0.25) is 0 Å². The molecule has 0 aliphatic carbocycles. The van der Waals surface area contributed by atoms with E-state index in [9.17, 15) is 4.79 Å². The molecule has 0 bridgehead atoms. The predicted molar refractivity (Wildman–Crippen MR) is 57.8 cm³/mol. The van der Waals surface area contributed by atoms with Crippen LogP contribution < -0.4 is 0 Å². The van der Waals surface area contributed by atoms with E-state index in [0.717, 1.165) is 6.42 Å². The maximum atomic E-state index is 11.8. The lowest BCUT2D eigenvalue weighted by atomic mass is 10.2. The highest BCUT2D eigenvalue weighted by Crippen LogP contribution is 2.22. The molecule has 1 rings (SSSR count). The predicted octanol–water partition coefficient (Wildman–Crippen LogP) is 2.03. The van der Waals surface area contributed by atoms with Gasteiger partial charge in [0.1, 0.15) is 5.60 Å². The van der Waals surface area contributed by atoms with Crippen molar-refractivity contribution in [3.63, 3.8) is 0 Å². The zero-order valence-electron chi connectivity index (χ0n) is 10.2. The van der Waals surface area contributed by atoms with E-state index in [1.807, 2.05) is 27.7 Å². The second-order valence-corrected chi connectivity index (χ2v) is 5.08. The Morgan fingerprint density at radius 1 is 1.40 bits per heavy atom. The molecule has 0 N–H and O–H groups in total. The number of likely N-dealkylation sites (tertiary alicyclic amines) is 1. The van der Waals surface area contributed by atoms with Gasteiger partial charge in [-0.15, -0.1) is 0 Å². The van der Waals surface area contributed by atoms with Crippen LogP contribution in [0.2, 0.25) is 0 Å². The highest BCUT2D eigenvalue weighted by molar-refractivity contribution is 5.69. The summed E-state index contributed by atoms with van der Waals surface area (Å²) in [6, 6.07) is 0.199. The van der Waals surface area contributed by atoms with Crippen molar-refractivity contribution in [3.05, 3.63) is 0 Å². The molecule has 1 aliphatic heterocycles. The minimum absolute atomic E-state index is 0.146. The first-order chi connectivity index (χ1) is 6.83. The van der Waals surface area contributed by atoms with Crippen LogP contribution in [-0.2, 0) is 9.47 Å². The van der Waals surface area contributed by atoms with Gasteiger partial charge in [0.15, 0.2) is 0 Å². The van der Waals surface area contributed by atoms with Crippen molar-refractivity contribution in [2.75, 3.05) is 13.7 Å². The van der Waals surface area contributed by atoms with Crippen molar-refractivity contribution >= 4 is 6.09 Å². The Balaban J connectivity index is 2.54. The molecule has 0 unspecified atom stereocenters. The van der Waals surface area contributed by atoms with Crippen LogP contribution in [0.5, 0.6) is 0 Å². The normalized spacial score (nSPS) is 26.9. The molecule has 4 heteroatoms. The van der Waals surface area contributed by atoms with Crippen LogP contribution in [0.4, 0.5) is 4.79 Å². The fourth-order valence-corrected chi connectivity index (χ4v) is 1.73. The molecule has 2 atom stereocenters. The van der Waals surface area contributed by atoms with Crippen molar-refractivity contribution in [2.45, 2.75) is 51.9 Å². The number of hydrogen-bond donors (Lipinski definition) is 0. The Hall–Kier alpha value is -0.770. The van der Waals surface area contributed by atoms with Gasteiger partial charge in [-0.05, 0) is 34.1 Å². The van der Waals surface area contributed by atoms with Gasteiger partial charge in [-0.2, -0.15) is 0 Å². The van der Waals surface area contributed by atoms with Gasteiger partial charge in [0, 0.05) is 13.2 Å². The third-order valence-electron chi connectivity index (χ3n) is 2.50. The average molecular weight is 215 g/mol. The SMILES string of the molecule is CO[C@H]1C[C@@H](C)N(C(=O)OC(C)(C)C)C1. The Bertz CT molecular complexity index is 234. The Kier molecular flexibility index (Phi) is 3.60. The van der Waals surface area contributed by atoms with Crippen LogP contribution in [0.3, 0.4) is 0 Å². The molecule has 88 valence electrons. The Morgan fingerprint density at radius 3 is 2.40 bits per heavy atom. The van der Waals surface area contributed by atoms with Gasteiger partial charge in [0.2, 0.25) is 0 Å². The first-order valence-electron chi connectivity index (χ1n) is 5.36. The van der Waals surface area contributed by atoms with Gasteiger partial charge in [0.25, 0.3) is 0 Å². The molecule has 0 radical (unpaired) electrons. The summed E-state index contributed by atoms with van der Waals surface area (Å²) in [5.41, 5.74) is -0.429. The van der Waals surface area contributed by atoms with Crippen LogP contribution in [0.15, 0.2) is 0 Å². The zero-order valence-corrected chi connectivity index (χ0v) is 10.2. The third-order valence-corrected chi connectivity index (χ3v) is 2.50. The van der Waals surface area contributed by atoms with Crippen molar-refractivity contribution < 1.29 is 14.3 Å². The molecule has 0 saturated carbocycles. The lowest BCUT2D eigenvalue weighted by Gasteiger charge is -2.26. The van der Waals surface area contributed by atoms with Gasteiger partial charge in [0.05, 0.1) is 12.6 Å². The molecule has 0 aromatic rings. The molecule has 1 fully saturated rings. The van der Waals surface area contributed by atoms with Crippen LogP contribution in [0, 0.1) is 0 Å². The molecule has 0 spiro atoms. The molecule has 15 heavy (non-hydrogen) atoms. The number of amides is 1. The topological polar surface area (TPSA) is 38.8 Å². The number of hydrogen-bond acceptors (Lipinski definition) is 3. The van der Waals surface area contributed by atoms with E-state index in [2.05, 4.69) is 0 Å². The molecule has 0 aromatic carbocycles. The van der Waals surface area contributed by atoms with Crippen LogP contribution >= 0.6 is 0 Å². The summed E-state index contributed by atoms with van der Waals surface area (Å²) >= 11 is 0. The van der Waals surface area contributed by atoms with Crippen molar-refractivity contribution in [1.29, 1.82) is 0 Å². The highest BCUT2D eigenvalue weighted by Gasteiger charge is 2.34. The van der Waals surface area contributed by atoms with E-state index >= 15 is 0 Å². The van der Waals surface area contributed by atoms with E-state index in [0.29, 0.717) is 6.54 Å². The molecular weight excluding hydrogens is 194 g/mol. The minimum Gasteiger partial charge on any atom is -0.444 e. The summed E-state index contributed by atoms with van der Waals surface area (Å²) in [5.74, 6) is 0.